The summed E-state index contributed by atoms with van der Waals surface area (Å²) in [5.41, 5.74) is 5.33. The van der Waals surface area contributed by atoms with Crippen molar-refractivity contribution >= 4 is 5.97 Å². The maximum atomic E-state index is 13.1. The summed E-state index contributed by atoms with van der Waals surface area (Å²) in [4.78, 5) is 11.4. The molecule has 0 aliphatic heterocycles. The molecule has 0 amide bonds. The van der Waals surface area contributed by atoms with Crippen LogP contribution in [0.4, 0.5) is 8.78 Å². The van der Waals surface area contributed by atoms with Crippen molar-refractivity contribution in [1.29, 1.82) is 0 Å². The Hall–Kier alpha value is -0.710. The minimum atomic E-state index is -2.55. The molecule has 100 valence electrons. The van der Waals surface area contributed by atoms with Gasteiger partial charge in [0.05, 0.1) is 7.11 Å². The number of nitrogens with two attached hydrogens (primary N) is 1. The molecule has 0 spiro atoms. The van der Waals surface area contributed by atoms with Gasteiger partial charge in [-0.3, -0.25) is 4.79 Å². The number of methoxy groups -OCH3 is 1. The Morgan fingerprint density at radius 3 is 2.29 bits per heavy atom. The monoisotopic (exact) mass is 249 g/mol. The average Bonchev–Trinajstić information content (AvgIpc) is 2.26. The fourth-order valence-corrected chi connectivity index (χ4v) is 2.47. The van der Waals surface area contributed by atoms with E-state index in [1.54, 1.807) is 0 Å². The van der Waals surface area contributed by atoms with Crippen LogP contribution >= 0.6 is 0 Å². The van der Waals surface area contributed by atoms with E-state index in [0.717, 1.165) is 0 Å². The first-order valence-electron chi connectivity index (χ1n) is 5.92. The van der Waals surface area contributed by atoms with Crippen molar-refractivity contribution in [3.05, 3.63) is 0 Å². The first-order chi connectivity index (χ1) is 7.70. The van der Waals surface area contributed by atoms with E-state index in [1.165, 1.54) is 7.11 Å². The molecule has 0 saturated heterocycles. The van der Waals surface area contributed by atoms with E-state index in [1.807, 2.05) is 13.8 Å². The first kappa shape index (κ1) is 14.4. The number of hydrogen-bond acceptors (Lipinski definition) is 3. The summed E-state index contributed by atoms with van der Waals surface area (Å²) in [5, 5.41) is 0. The number of alkyl halides is 2. The van der Waals surface area contributed by atoms with Crippen LogP contribution in [0.3, 0.4) is 0 Å². The van der Waals surface area contributed by atoms with Crippen molar-refractivity contribution in [3.8, 4) is 0 Å². The third-order valence-corrected chi connectivity index (χ3v) is 4.03. The molecule has 1 saturated carbocycles. The Morgan fingerprint density at radius 2 is 1.88 bits per heavy atom. The quantitative estimate of drug-likeness (QED) is 0.781. The third-order valence-electron chi connectivity index (χ3n) is 4.03. The highest BCUT2D eigenvalue weighted by Crippen LogP contribution is 2.45. The van der Waals surface area contributed by atoms with E-state index >= 15 is 0 Å². The summed E-state index contributed by atoms with van der Waals surface area (Å²) < 4.78 is 30.8. The normalized spacial score (nSPS) is 23.2. The number of ether oxygens (including phenoxy) is 1. The lowest BCUT2D eigenvalue weighted by Crippen LogP contribution is -2.50. The van der Waals surface area contributed by atoms with E-state index in [0.29, 0.717) is 12.8 Å². The molecule has 0 aromatic carbocycles. The van der Waals surface area contributed by atoms with Crippen LogP contribution in [0.1, 0.15) is 39.5 Å². The number of carbonyl (C=O) groups excluding carboxylic acids is 1. The smallest absolute Gasteiger partial charge is 0.323 e. The SMILES string of the molecule is COC(=O)C(N)C(C)(C)C1CCC(F)(F)CC1. The summed E-state index contributed by atoms with van der Waals surface area (Å²) >= 11 is 0. The Morgan fingerprint density at radius 1 is 1.41 bits per heavy atom. The van der Waals surface area contributed by atoms with Crippen LogP contribution in [0.5, 0.6) is 0 Å². The van der Waals surface area contributed by atoms with Crippen LogP contribution in [-0.4, -0.2) is 25.0 Å². The molecule has 17 heavy (non-hydrogen) atoms. The maximum absolute atomic E-state index is 13.1. The fraction of sp³-hybridized carbons (Fsp3) is 0.917. The molecule has 0 aromatic rings. The van der Waals surface area contributed by atoms with Gasteiger partial charge in [0.1, 0.15) is 6.04 Å². The standard InChI is InChI=1S/C12H21F2NO2/c1-11(2,9(15)10(16)17-3)8-4-6-12(13,14)7-5-8/h8-9H,4-7,15H2,1-3H3. The van der Waals surface area contributed by atoms with E-state index in [4.69, 9.17) is 5.73 Å². The van der Waals surface area contributed by atoms with Gasteiger partial charge in [-0.2, -0.15) is 0 Å². The number of halogens is 2. The Balaban J connectivity index is 2.68. The highest BCUT2D eigenvalue weighted by molar-refractivity contribution is 5.76. The molecule has 2 N–H and O–H groups in total. The van der Waals surface area contributed by atoms with Crippen molar-refractivity contribution in [3.63, 3.8) is 0 Å². The summed E-state index contributed by atoms with van der Waals surface area (Å²) in [7, 11) is 1.29. The van der Waals surface area contributed by atoms with Crippen LogP contribution in [0, 0.1) is 11.3 Å². The summed E-state index contributed by atoms with van der Waals surface area (Å²) in [6.07, 6.45) is 0.583. The van der Waals surface area contributed by atoms with Gasteiger partial charge in [0.15, 0.2) is 0 Å². The van der Waals surface area contributed by atoms with E-state index in [-0.39, 0.29) is 18.8 Å². The van der Waals surface area contributed by atoms with E-state index in [9.17, 15) is 13.6 Å². The van der Waals surface area contributed by atoms with Gasteiger partial charge >= 0.3 is 5.97 Å². The molecule has 1 aliphatic carbocycles. The molecule has 0 radical (unpaired) electrons. The van der Waals surface area contributed by atoms with E-state index in [2.05, 4.69) is 4.74 Å². The number of rotatable bonds is 3. The average molecular weight is 249 g/mol. The maximum Gasteiger partial charge on any atom is 0.323 e. The zero-order chi connectivity index (χ0) is 13.3. The molecule has 1 fully saturated rings. The summed E-state index contributed by atoms with van der Waals surface area (Å²) in [5.74, 6) is -2.99. The molecule has 3 nitrogen and oxygen atoms in total. The predicted molar refractivity (Wildman–Crippen MR) is 60.7 cm³/mol. The zero-order valence-corrected chi connectivity index (χ0v) is 10.6. The lowest BCUT2D eigenvalue weighted by Gasteiger charge is -2.41. The molecule has 1 atom stereocenters. The van der Waals surface area contributed by atoms with Crippen LogP contribution in [0.2, 0.25) is 0 Å². The van der Waals surface area contributed by atoms with Gasteiger partial charge in [-0.1, -0.05) is 13.8 Å². The molecular formula is C12H21F2NO2. The molecule has 0 bridgehead atoms. The van der Waals surface area contributed by atoms with Crippen LogP contribution in [0.15, 0.2) is 0 Å². The molecule has 1 unspecified atom stereocenters. The van der Waals surface area contributed by atoms with Crippen molar-refractivity contribution in [2.75, 3.05) is 7.11 Å². The second-order valence-corrected chi connectivity index (χ2v) is 5.45. The largest absolute Gasteiger partial charge is 0.468 e. The van der Waals surface area contributed by atoms with Crippen molar-refractivity contribution < 1.29 is 18.3 Å². The van der Waals surface area contributed by atoms with Crippen LogP contribution in [-0.2, 0) is 9.53 Å². The second-order valence-electron chi connectivity index (χ2n) is 5.45. The van der Waals surface area contributed by atoms with Crippen LogP contribution < -0.4 is 5.73 Å². The minimum absolute atomic E-state index is 0.0382. The van der Waals surface area contributed by atoms with Gasteiger partial charge in [0, 0.05) is 12.8 Å². The molecular weight excluding hydrogens is 228 g/mol. The summed E-state index contributed by atoms with van der Waals surface area (Å²) in [6.45, 7) is 3.70. The third kappa shape index (κ3) is 3.15. The predicted octanol–water partition coefficient (Wildman–Crippen LogP) is 2.34. The summed E-state index contributed by atoms with van der Waals surface area (Å²) in [6, 6.07) is -0.760. The Kier molecular flexibility index (Phi) is 4.12. The van der Waals surface area contributed by atoms with Crippen molar-refractivity contribution in [2.45, 2.75) is 51.5 Å². The molecule has 5 heteroatoms. The topological polar surface area (TPSA) is 52.3 Å². The lowest BCUT2D eigenvalue weighted by molar-refractivity contribution is -0.147. The lowest BCUT2D eigenvalue weighted by atomic mass is 9.66. The van der Waals surface area contributed by atoms with Gasteiger partial charge in [0.2, 0.25) is 5.92 Å². The zero-order valence-electron chi connectivity index (χ0n) is 10.6. The Bertz CT molecular complexity index is 282. The van der Waals surface area contributed by atoms with Crippen molar-refractivity contribution in [2.24, 2.45) is 17.1 Å². The first-order valence-corrected chi connectivity index (χ1v) is 5.92. The molecule has 0 aromatic heterocycles. The Labute approximate surface area is 101 Å². The molecule has 1 rings (SSSR count). The van der Waals surface area contributed by atoms with Gasteiger partial charge < -0.3 is 10.5 Å². The fourth-order valence-electron chi connectivity index (χ4n) is 2.47. The van der Waals surface area contributed by atoms with Gasteiger partial charge in [-0.25, -0.2) is 8.78 Å². The second kappa shape index (κ2) is 4.88. The number of esters is 1. The molecule has 0 heterocycles. The van der Waals surface area contributed by atoms with Gasteiger partial charge in [-0.05, 0) is 24.2 Å². The van der Waals surface area contributed by atoms with E-state index < -0.39 is 23.3 Å². The number of carbonyl (C=O) groups is 1. The van der Waals surface area contributed by atoms with Crippen LogP contribution in [0.25, 0.3) is 0 Å². The number of hydrogen-bond donors (Lipinski definition) is 1. The highest BCUT2D eigenvalue weighted by atomic mass is 19.3. The molecule has 1 aliphatic rings. The van der Waals surface area contributed by atoms with Crippen molar-refractivity contribution in [1.82, 2.24) is 0 Å². The highest BCUT2D eigenvalue weighted by Gasteiger charge is 2.45. The minimum Gasteiger partial charge on any atom is -0.468 e. The van der Waals surface area contributed by atoms with Gasteiger partial charge in [-0.15, -0.1) is 0 Å². The van der Waals surface area contributed by atoms with Gasteiger partial charge in [0.25, 0.3) is 0 Å².